The number of aliphatic hydroxyl groups excluding tert-OH is 3. The highest BCUT2D eigenvalue weighted by Gasteiger charge is 2.35. The molecule has 0 aromatic rings. The minimum absolute atomic E-state index is 0.00269. The summed E-state index contributed by atoms with van der Waals surface area (Å²) in [5, 5.41) is 61.1. The monoisotopic (exact) mass is 1140 g/mol. The maximum atomic E-state index is 14.2. The molecule has 9 atom stereocenters. The molecule has 0 saturated heterocycles. The van der Waals surface area contributed by atoms with Crippen LogP contribution in [0.4, 0.5) is 0 Å². The summed E-state index contributed by atoms with van der Waals surface area (Å²) in [5.74, 6) is -12.5. The lowest BCUT2D eigenvalue weighted by molar-refractivity contribution is -0.143. The smallest absolute Gasteiger partial charge is 0.326 e. The molecular formula is C46H85N19O15. The standard InChI is InChI=1S/C46H85N19O15/c1-22(2)17-29(57-24(5)69)39(75)59-26(10-7-15-55-45(50)51)35(71)58-25(9-6-14-54-44(48)49)36(72)61-28(12-13-34(47)70)38(74)64-31(19-66)40(76)60-27(11-8-16-56-46(52)53)37(73)63-33(21-68)42(78)65-32(20-67)41(77)62-30(43(79)80)18-23(3)4/h22-23,25-33,66-68H,6-21H2,1-5H3,(H2,47,70)(H,57,69)(H,58,71)(H,59,75)(H,60,76)(H,61,72)(H,62,77)(H,63,73)(H,64,74)(H,65,78)(H,79,80)(H4,48,49,54)(H4,50,51,55)(H4,52,53,56)/t25-,26-,27-,28-,29-,30-,31-,32-,33-/m0/s1. The molecule has 0 spiro atoms. The van der Waals surface area contributed by atoms with Crippen molar-refractivity contribution in [2.75, 3.05) is 39.5 Å². The fourth-order valence-corrected chi connectivity index (χ4v) is 7.27. The van der Waals surface area contributed by atoms with E-state index in [4.69, 9.17) is 40.1 Å². The Bertz CT molecular complexity index is 2170. The summed E-state index contributed by atoms with van der Waals surface area (Å²) in [4.78, 5) is 157. The summed E-state index contributed by atoms with van der Waals surface area (Å²) < 4.78 is 0. The summed E-state index contributed by atoms with van der Waals surface area (Å²) in [7, 11) is 0. The SMILES string of the molecule is CC(=O)N[C@@H](CC(C)C)C(=O)N[C@@H](CCCN=C(N)N)C(=O)N[C@@H](CCCN=C(N)N)C(=O)N[C@@H](CCC(N)=O)C(=O)N[C@@H](CO)C(=O)N[C@@H](CCCN=C(N)N)C(=O)N[C@@H](CO)C(=O)N[C@@H](CO)C(=O)N[C@@H](CC(C)C)C(=O)O. The molecule has 34 nitrogen and oxygen atoms in total. The molecule has 0 aromatic heterocycles. The molecule has 0 fully saturated rings. The third kappa shape index (κ3) is 30.7. The molecule has 0 heterocycles. The van der Waals surface area contributed by atoms with Gasteiger partial charge in [-0.2, -0.15) is 0 Å². The molecule has 0 aliphatic rings. The van der Waals surface area contributed by atoms with E-state index >= 15 is 0 Å². The average Bonchev–Trinajstić information content (AvgIpc) is 3.36. The molecule has 0 bridgehead atoms. The van der Waals surface area contributed by atoms with Crippen LogP contribution in [-0.4, -0.2) is 197 Å². The first kappa shape index (κ1) is 71.9. The van der Waals surface area contributed by atoms with Gasteiger partial charge in [0, 0.05) is 33.0 Å². The lowest BCUT2D eigenvalue weighted by Gasteiger charge is -2.28. The van der Waals surface area contributed by atoms with Crippen molar-refractivity contribution in [3.8, 4) is 0 Å². The Labute approximate surface area is 462 Å². The van der Waals surface area contributed by atoms with Crippen LogP contribution in [0.15, 0.2) is 15.0 Å². The van der Waals surface area contributed by atoms with Crippen LogP contribution < -0.4 is 88.0 Å². The van der Waals surface area contributed by atoms with Gasteiger partial charge < -0.3 is 108 Å². The predicted octanol–water partition coefficient (Wildman–Crippen LogP) is -9.05. The van der Waals surface area contributed by atoms with Gasteiger partial charge in [-0.15, -0.1) is 0 Å². The molecule has 0 aliphatic heterocycles. The number of primary amides is 1. The number of nitrogens with two attached hydrogens (primary N) is 7. The summed E-state index contributed by atoms with van der Waals surface area (Å²) >= 11 is 0. The largest absolute Gasteiger partial charge is 0.480 e. The number of aliphatic carboxylic acids is 1. The van der Waals surface area contributed by atoms with E-state index in [1.807, 2.05) is 13.8 Å². The van der Waals surface area contributed by atoms with Crippen molar-refractivity contribution >= 4 is 82.9 Å². The van der Waals surface area contributed by atoms with Crippen LogP contribution in [0.1, 0.15) is 98.8 Å². The number of nitrogens with one attached hydrogen (secondary N) is 9. The second kappa shape index (κ2) is 38.4. The highest BCUT2D eigenvalue weighted by atomic mass is 16.4. The number of amides is 10. The molecule has 0 aliphatic carbocycles. The molecular weight excluding hydrogens is 1060 g/mol. The lowest BCUT2D eigenvalue weighted by atomic mass is 10.0. The maximum Gasteiger partial charge on any atom is 0.326 e. The molecule has 0 unspecified atom stereocenters. The van der Waals surface area contributed by atoms with E-state index < -0.39 is 152 Å². The summed E-state index contributed by atoms with van der Waals surface area (Å²) in [6, 6.07) is -14.2. The van der Waals surface area contributed by atoms with Gasteiger partial charge in [0.1, 0.15) is 54.4 Å². The Hall–Kier alpha value is -8.14. The van der Waals surface area contributed by atoms with E-state index in [2.05, 4.69) is 62.8 Å². The molecule has 34 heteroatoms. The minimum atomic E-state index is -1.91. The quantitative estimate of drug-likeness (QED) is 0.0154. The molecule has 0 rings (SSSR count). The number of carboxylic acids is 1. The van der Waals surface area contributed by atoms with E-state index in [-0.39, 0.29) is 101 Å². The van der Waals surface area contributed by atoms with Crippen LogP contribution in [0.3, 0.4) is 0 Å². The van der Waals surface area contributed by atoms with Gasteiger partial charge >= 0.3 is 5.97 Å². The number of hydrogen-bond donors (Lipinski definition) is 20. The minimum Gasteiger partial charge on any atom is -0.480 e. The molecule has 27 N–H and O–H groups in total. The first-order valence-electron chi connectivity index (χ1n) is 25.7. The zero-order valence-corrected chi connectivity index (χ0v) is 45.8. The Kier molecular flexibility index (Phi) is 34.5. The van der Waals surface area contributed by atoms with E-state index in [1.165, 1.54) is 6.92 Å². The zero-order chi connectivity index (χ0) is 61.2. The third-order valence-electron chi connectivity index (χ3n) is 11.2. The van der Waals surface area contributed by atoms with Crippen molar-refractivity contribution in [3.63, 3.8) is 0 Å². The van der Waals surface area contributed by atoms with Gasteiger partial charge in [-0.05, 0) is 69.6 Å². The Balaban J connectivity index is 6.84. The molecule has 80 heavy (non-hydrogen) atoms. The van der Waals surface area contributed by atoms with Crippen molar-refractivity contribution in [2.24, 2.45) is 66.9 Å². The predicted molar refractivity (Wildman–Crippen MR) is 289 cm³/mol. The van der Waals surface area contributed by atoms with E-state index in [9.17, 15) is 73.2 Å². The highest BCUT2D eigenvalue weighted by molar-refractivity contribution is 5.98. The topological polar surface area (TPSA) is 596 Å². The van der Waals surface area contributed by atoms with E-state index in [0.717, 1.165) is 0 Å². The normalized spacial score (nSPS) is 14.3. The van der Waals surface area contributed by atoms with E-state index in [0.29, 0.717) is 0 Å². The fourth-order valence-electron chi connectivity index (χ4n) is 7.27. The van der Waals surface area contributed by atoms with Crippen LogP contribution in [0.5, 0.6) is 0 Å². The number of rotatable bonds is 40. The van der Waals surface area contributed by atoms with Gasteiger partial charge in [0.15, 0.2) is 17.9 Å². The van der Waals surface area contributed by atoms with Crippen LogP contribution in [-0.2, 0) is 52.7 Å². The number of carbonyl (C=O) groups excluding carboxylic acids is 10. The average molecular weight is 1140 g/mol. The van der Waals surface area contributed by atoms with E-state index in [1.54, 1.807) is 13.8 Å². The van der Waals surface area contributed by atoms with Gasteiger partial charge in [0.05, 0.1) is 19.8 Å². The van der Waals surface area contributed by atoms with Gasteiger partial charge in [-0.1, -0.05) is 27.7 Å². The van der Waals surface area contributed by atoms with Crippen LogP contribution in [0.25, 0.3) is 0 Å². The zero-order valence-electron chi connectivity index (χ0n) is 45.8. The molecule has 10 amide bonds. The van der Waals surface area contributed by atoms with Crippen molar-refractivity contribution in [1.82, 2.24) is 47.9 Å². The van der Waals surface area contributed by atoms with Crippen LogP contribution in [0.2, 0.25) is 0 Å². The van der Waals surface area contributed by atoms with Crippen LogP contribution >= 0.6 is 0 Å². The number of carboxylic acid groups (broad SMARTS) is 1. The second-order valence-corrected chi connectivity index (χ2v) is 19.2. The highest BCUT2D eigenvalue weighted by Crippen LogP contribution is 2.11. The van der Waals surface area contributed by atoms with Crippen molar-refractivity contribution in [2.45, 2.75) is 153 Å². The molecule has 0 radical (unpaired) electrons. The summed E-state index contributed by atoms with van der Waals surface area (Å²) in [6.45, 7) is 4.80. The second-order valence-electron chi connectivity index (χ2n) is 19.2. The van der Waals surface area contributed by atoms with Crippen molar-refractivity contribution in [3.05, 3.63) is 0 Å². The molecule has 454 valence electrons. The lowest BCUT2D eigenvalue weighted by Crippen LogP contribution is -2.61. The molecule has 0 aromatic carbocycles. The first-order chi connectivity index (χ1) is 37.4. The molecule has 0 saturated carbocycles. The number of nitrogens with zero attached hydrogens (tertiary/aromatic N) is 3. The third-order valence-corrected chi connectivity index (χ3v) is 11.2. The summed E-state index contributed by atoms with van der Waals surface area (Å²) in [5.41, 5.74) is 38.0. The number of aliphatic imine (C=N–C) groups is 3. The number of carbonyl (C=O) groups is 11. The Morgan fingerprint density at radius 3 is 0.875 bits per heavy atom. The fraction of sp³-hybridized carbons (Fsp3) is 0.696. The van der Waals surface area contributed by atoms with Crippen LogP contribution in [0, 0.1) is 11.8 Å². The Morgan fingerprint density at radius 2 is 0.625 bits per heavy atom. The maximum absolute atomic E-state index is 14.2. The number of guanidine groups is 3. The van der Waals surface area contributed by atoms with Crippen molar-refractivity contribution in [1.29, 1.82) is 0 Å². The van der Waals surface area contributed by atoms with Gasteiger partial charge in [0.2, 0.25) is 59.1 Å². The van der Waals surface area contributed by atoms with Gasteiger partial charge in [-0.25, -0.2) is 4.79 Å². The summed E-state index contributed by atoms with van der Waals surface area (Å²) in [6.07, 6.45) is -1.29. The number of hydrogen-bond acceptors (Lipinski definition) is 17. The van der Waals surface area contributed by atoms with Gasteiger partial charge in [0.25, 0.3) is 0 Å². The Morgan fingerprint density at radius 1 is 0.375 bits per heavy atom. The van der Waals surface area contributed by atoms with Crippen molar-refractivity contribution < 1.29 is 73.2 Å². The van der Waals surface area contributed by atoms with Gasteiger partial charge in [-0.3, -0.25) is 62.9 Å². The first-order valence-corrected chi connectivity index (χ1v) is 25.7. The number of aliphatic hydroxyl groups is 3.